The van der Waals surface area contributed by atoms with Crippen LogP contribution in [0.15, 0.2) is 24.3 Å². The van der Waals surface area contributed by atoms with Gasteiger partial charge >= 0.3 is 5.97 Å². The first kappa shape index (κ1) is 14.4. The Morgan fingerprint density at radius 2 is 1.85 bits per heavy atom. The van der Waals surface area contributed by atoms with Crippen LogP contribution in [-0.4, -0.2) is 34.5 Å². The molecule has 0 saturated heterocycles. The largest absolute Gasteiger partial charge is 0.480 e. The van der Waals surface area contributed by atoms with Crippen LogP contribution in [0, 0.1) is 0 Å². The molecule has 5 nitrogen and oxygen atoms in total. The second-order valence-corrected chi connectivity index (χ2v) is 5.62. The molecule has 5 heteroatoms. The molecule has 0 unspecified atom stereocenters. The van der Waals surface area contributed by atoms with Crippen LogP contribution in [0.2, 0.25) is 0 Å². The number of benzene rings is 1. The topological polar surface area (TPSA) is 83.6 Å². The van der Waals surface area contributed by atoms with Gasteiger partial charge in [-0.1, -0.05) is 12.1 Å². The Morgan fingerprint density at radius 1 is 1.30 bits per heavy atom. The van der Waals surface area contributed by atoms with E-state index in [1.54, 1.807) is 12.1 Å². The first-order valence-electron chi connectivity index (χ1n) is 6.76. The van der Waals surface area contributed by atoms with Gasteiger partial charge in [-0.15, -0.1) is 0 Å². The van der Waals surface area contributed by atoms with Gasteiger partial charge in [0.2, 0.25) is 5.91 Å². The van der Waals surface area contributed by atoms with E-state index >= 15 is 0 Å². The van der Waals surface area contributed by atoms with E-state index in [-0.39, 0.29) is 18.5 Å². The number of carbonyl (C=O) groups is 2. The maximum Gasteiger partial charge on any atom is 0.323 e. The fourth-order valence-corrected chi connectivity index (χ4v) is 2.46. The van der Waals surface area contributed by atoms with Gasteiger partial charge in [0.25, 0.3) is 0 Å². The van der Waals surface area contributed by atoms with Crippen molar-refractivity contribution < 1.29 is 14.7 Å². The lowest BCUT2D eigenvalue weighted by Crippen LogP contribution is -2.46. The summed E-state index contributed by atoms with van der Waals surface area (Å²) in [6.45, 7) is 3.41. The predicted molar refractivity (Wildman–Crippen MR) is 76.3 cm³/mol. The van der Waals surface area contributed by atoms with Crippen LogP contribution in [0.3, 0.4) is 0 Å². The average molecular weight is 276 g/mol. The Morgan fingerprint density at radius 3 is 2.25 bits per heavy atom. The van der Waals surface area contributed by atoms with Gasteiger partial charge in [0.1, 0.15) is 6.54 Å². The van der Waals surface area contributed by atoms with Gasteiger partial charge in [-0.25, -0.2) is 0 Å². The second-order valence-electron chi connectivity index (χ2n) is 5.62. The highest BCUT2D eigenvalue weighted by atomic mass is 16.4. The van der Waals surface area contributed by atoms with E-state index in [0.717, 1.165) is 18.4 Å². The minimum Gasteiger partial charge on any atom is -0.480 e. The van der Waals surface area contributed by atoms with Crippen molar-refractivity contribution in [3.63, 3.8) is 0 Å². The van der Waals surface area contributed by atoms with Gasteiger partial charge in [0, 0.05) is 11.7 Å². The summed E-state index contributed by atoms with van der Waals surface area (Å²) in [7, 11) is 0. The molecule has 1 saturated carbocycles. The predicted octanol–water partition coefficient (Wildman–Crippen LogP) is 1.62. The molecule has 3 N–H and O–H groups in total. The molecule has 0 atom stereocenters. The Hall–Kier alpha value is -2.04. The Balaban J connectivity index is 2.26. The zero-order valence-corrected chi connectivity index (χ0v) is 11.8. The molecule has 0 heterocycles. The van der Waals surface area contributed by atoms with Crippen molar-refractivity contribution in [2.75, 3.05) is 12.3 Å². The molecule has 0 bridgehead atoms. The van der Waals surface area contributed by atoms with Crippen molar-refractivity contribution in [2.24, 2.45) is 0 Å². The van der Waals surface area contributed by atoms with E-state index in [1.165, 1.54) is 4.90 Å². The van der Waals surface area contributed by atoms with Crippen molar-refractivity contribution in [1.82, 2.24) is 4.90 Å². The SMILES string of the molecule is CC(C)N(CC(=O)O)C(=O)C1(c2ccc(N)cc2)CC1. The van der Waals surface area contributed by atoms with Crippen molar-refractivity contribution in [3.05, 3.63) is 29.8 Å². The first-order valence-corrected chi connectivity index (χ1v) is 6.76. The third kappa shape index (κ3) is 2.61. The molecular formula is C15H20N2O3. The lowest BCUT2D eigenvalue weighted by Gasteiger charge is -2.29. The van der Waals surface area contributed by atoms with Crippen molar-refractivity contribution in [3.8, 4) is 0 Å². The van der Waals surface area contributed by atoms with Crippen LogP contribution >= 0.6 is 0 Å². The minimum absolute atomic E-state index is 0.0975. The lowest BCUT2D eigenvalue weighted by atomic mass is 9.93. The number of nitrogen functional groups attached to an aromatic ring is 1. The molecule has 1 amide bonds. The first-order chi connectivity index (χ1) is 9.36. The van der Waals surface area contributed by atoms with Crippen LogP contribution in [-0.2, 0) is 15.0 Å². The summed E-state index contributed by atoms with van der Waals surface area (Å²) in [6, 6.07) is 7.14. The fourth-order valence-electron chi connectivity index (χ4n) is 2.46. The molecule has 0 aromatic heterocycles. The Kier molecular flexibility index (Phi) is 3.70. The van der Waals surface area contributed by atoms with E-state index in [4.69, 9.17) is 10.8 Å². The third-order valence-electron chi connectivity index (χ3n) is 3.81. The van der Waals surface area contributed by atoms with Crippen LogP contribution in [0.5, 0.6) is 0 Å². The monoisotopic (exact) mass is 276 g/mol. The van der Waals surface area contributed by atoms with E-state index in [9.17, 15) is 9.59 Å². The molecule has 108 valence electrons. The Labute approximate surface area is 118 Å². The van der Waals surface area contributed by atoms with Crippen LogP contribution < -0.4 is 5.73 Å². The molecule has 0 radical (unpaired) electrons. The summed E-state index contributed by atoms with van der Waals surface area (Å²) in [4.78, 5) is 25.1. The number of carboxylic acids is 1. The number of anilines is 1. The number of hydrogen-bond acceptors (Lipinski definition) is 3. The molecule has 1 aliphatic rings. The van der Waals surface area contributed by atoms with E-state index < -0.39 is 11.4 Å². The van der Waals surface area contributed by atoms with Crippen LogP contribution in [0.1, 0.15) is 32.3 Å². The van der Waals surface area contributed by atoms with Gasteiger partial charge < -0.3 is 15.7 Å². The maximum atomic E-state index is 12.7. The quantitative estimate of drug-likeness (QED) is 0.800. The van der Waals surface area contributed by atoms with Gasteiger partial charge in [-0.2, -0.15) is 0 Å². The molecule has 2 rings (SSSR count). The number of hydrogen-bond donors (Lipinski definition) is 2. The van der Waals surface area contributed by atoms with Crippen LogP contribution in [0.4, 0.5) is 5.69 Å². The van der Waals surface area contributed by atoms with E-state index in [2.05, 4.69) is 0 Å². The number of aliphatic carboxylic acids is 1. The zero-order valence-electron chi connectivity index (χ0n) is 11.8. The summed E-state index contributed by atoms with van der Waals surface area (Å²) in [5.41, 5.74) is 6.70. The number of nitrogens with two attached hydrogens (primary N) is 1. The van der Waals surface area contributed by atoms with Crippen LogP contribution in [0.25, 0.3) is 0 Å². The van der Waals surface area contributed by atoms with Crippen molar-refractivity contribution in [2.45, 2.75) is 38.1 Å². The van der Waals surface area contributed by atoms with Gasteiger partial charge in [0.15, 0.2) is 0 Å². The summed E-state index contributed by atoms with van der Waals surface area (Å²) in [5, 5.41) is 8.96. The highest BCUT2D eigenvalue weighted by molar-refractivity contribution is 5.93. The summed E-state index contributed by atoms with van der Waals surface area (Å²) in [6.07, 6.45) is 1.52. The molecule has 1 aromatic rings. The molecule has 0 spiro atoms. The van der Waals surface area contributed by atoms with Crippen molar-refractivity contribution in [1.29, 1.82) is 0 Å². The molecule has 0 aliphatic heterocycles. The number of nitrogens with zero attached hydrogens (tertiary/aromatic N) is 1. The second kappa shape index (κ2) is 5.15. The molecule has 1 aromatic carbocycles. The van der Waals surface area contributed by atoms with Gasteiger partial charge in [0.05, 0.1) is 5.41 Å². The van der Waals surface area contributed by atoms with Gasteiger partial charge in [-0.3, -0.25) is 9.59 Å². The lowest BCUT2D eigenvalue weighted by molar-refractivity contribution is -0.147. The minimum atomic E-state index is -0.986. The molecule has 20 heavy (non-hydrogen) atoms. The molecular weight excluding hydrogens is 256 g/mol. The highest BCUT2D eigenvalue weighted by Gasteiger charge is 2.53. The van der Waals surface area contributed by atoms with Crippen molar-refractivity contribution >= 4 is 17.6 Å². The number of amides is 1. The maximum absolute atomic E-state index is 12.7. The van der Waals surface area contributed by atoms with E-state index in [1.807, 2.05) is 26.0 Å². The average Bonchev–Trinajstić information content (AvgIpc) is 3.17. The zero-order chi connectivity index (χ0) is 14.9. The Bertz CT molecular complexity index is 518. The summed E-state index contributed by atoms with van der Waals surface area (Å²) < 4.78 is 0. The third-order valence-corrected chi connectivity index (χ3v) is 3.81. The number of carboxylic acid groups (broad SMARTS) is 1. The van der Waals surface area contributed by atoms with E-state index in [0.29, 0.717) is 5.69 Å². The molecule has 1 aliphatic carbocycles. The standard InChI is InChI=1S/C15H20N2O3/c1-10(2)17(9-13(18)19)14(20)15(7-8-15)11-3-5-12(16)6-4-11/h3-6,10H,7-9,16H2,1-2H3,(H,18,19). The highest BCUT2D eigenvalue weighted by Crippen LogP contribution is 2.50. The smallest absolute Gasteiger partial charge is 0.323 e. The fraction of sp³-hybridized carbons (Fsp3) is 0.467. The summed E-state index contributed by atoms with van der Waals surface area (Å²) >= 11 is 0. The number of carbonyl (C=O) groups excluding carboxylic acids is 1. The summed E-state index contributed by atoms with van der Waals surface area (Å²) in [5.74, 6) is -1.08. The van der Waals surface area contributed by atoms with Gasteiger partial charge in [-0.05, 0) is 44.4 Å². The normalized spacial score (nSPS) is 15.9. The molecule has 1 fully saturated rings. The number of rotatable bonds is 5.